The van der Waals surface area contributed by atoms with Crippen LogP contribution in [0.4, 0.5) is 10.6 Å². The molecule has 0 aliphatic carbocycles. The zero-order valence-corrected chi connectivity index (χ0v) is 12.3. The quantitative estimate of drug-likeness (QED) is 0.787. The van der Waals surface area contributed by atoms with Crippen LogP contribution in [0.3, 0.4) is 0 Å². The summed E-state index contributed by atoms with van der Waals surface area (Å²) in [6, 6.07) is 4.93. The highest BCUT2D eigenvalue weighted by atomic mass is 16.3. The molecule has 0 aliphatic rings. The third-order valence-corrected chi connectivity index (χ3v) is 3.05. The molecule has 112 valence electrons. The number of nitrogens with zero attached hydrogens (tertiary/aromatic N) is 3. The van der Waals surface area contributed by atoms with E-state index in [2.05, 4.69) is 20.7 Å². The number of rotatable bonds is 4. The summed E-state index contributed by atoms with van der Waals surface area (Å²) >= 11 is 0. The van der Waals surface area contributed by atoms with Crippen LogP contribution in [-0.2, 0) is 12.6 Å². The minimum absolute atomic E-state index is 0.0658. The van der Waals surface area contributed by atoms with Crippen molar-refractivity contribution in [3.05, 3.63) is 41.9 Å². The molecule has 0 saturated carbocycles. The second kappa shape index (κ2) is 5.92. The number of hydrogen-bond acceptors (Lipinski definition) is 4. The van der Waals surface area contributed by atoms with Crippen LogP contribution in [0.15, 0.2) is 30.6 Å². The van der Waals surface area contributed by atoms with Crippen LogP contribution in [0.1, 0.15) is 18.2 Å². The van der Waals surface area contributed by atoms with Gasteiger partial charge in [-0.1, -0.05) is 6.07 Å². The molecule has 1 atom stereocenters. The number of urea groups is 1. The molecule has 0 spiro atoms. The highest BCUT2D eigenvalue weighted by Crippen LogP contribution is 2.18. The number of carbonyl (C=O) groups is 1. The van der Waals surface area contributed by atoms with E-state index < -0.39 is 11.6 Å². The lowest BCUT2D eigenvalue weighted by Crippen LogP contribution is -2.40. The molecule has 1 unspecified atom stereocenters. The summed E-state index contributed by atoms with van der Waals surface area (Å²) in [6.07, 6.45) is 3.28. The molecular formula is C14H19N5O2. The van der Waals surface area contributed by atoms with Crippen molar-refractivity contribution in [3.8, 4) is 0 Å². The molecule has 3 N–H and O–H groups in total. The molecule has 0 aromatic carbocycles. The van der Waals surface area contributed by atoms with Gasteiger partial charge in [-0.25, -0.2) is 9.78 Å². The summed E-state index contributed by atoms with van der Waals surface area (Å²) in [5.41, 5.74) is 0.264. The van der Waals surface area contributed by atoms with Crippen molar-refractivity contribution in [1.82, 2.24) is 20.1 Å². The Hall–Kier alpha value is -2.41. The van der Waals surface area contributed by atoms with E-state index in [1.807, 2.05) is 19.1 Å². The number of anilines is 1. The summed E-state index contributed by atoms with van der Waals surface area (Å²) in [7, 11) is 1.77. The first kappa shape index (κ1) is 15.0. The van der Waals surface area contributed by atoms with E-state index >= 15 is 0 Å². The Morgan fingerprint density at radius 2 is 2.24 bits per heavy atom. The SMILES string of the molecule is Cc1cccc(NC(=O)NCC(C)(O)c2cnn(C)c2)n1. The summed E-state index contributed by atoms with van der Waals surface area (Å²) in [5.74, 6) is 0.466. The van der Waals surface area contributed by atoms with Crippen LogP contribution in [0.25, 0.3) is 0 Å². The number of pyridine rings is 1. The number of aromatic nitrogens is 3. The first-order valence-corrected chi connectivity index (χ1v) is 6.57. The first-order chi connectivity index (χ1) is 9.87. The van der Waals surface area contributed by atoms with E-state index in [4.69, 9.17) is 0 Å². The molecule has 2 aromatic rings. The normalized spacial score (nSPS) is 13.5. The van der Waals surface area contributed by atoms with Crippen molar-refractivity contribution in [2.24, 2.45) is 7.05 Å². The van der Waals surface area contributed by atoms with Crippen LogP contribution >= 0.6 is 0 Å². The molecular weight excluding hydrogens is 270 g/mol. The zero-order chi connectivity index (χ0) is 15.5. The standard InChI is InChI=1S/C14H19N5O2/c1-10-5-4-6-12(17-10)18-13(20)15-9-14(2,21)11-7-16-19(3)8-11/h4-8,21H,9H2,1-3H3,(H2,15,17,18,20). The van der Waals surface area contributed by atoms with Gasteiger partial charge in [0.25, 0.3) is 0 Å². The third-order valence-electron chi connectivity index (χ3n) is 3.05. The second-order valence-corrected chi connectivity index (χ2v) is 5.15. The van der Waals surface area contributed by atoms with Gasteiger partial charge in [-0.05, 0) is 26.0 Å². The molecule has 7 heteroatoms. The Labute approximate surface area is 123 Å². The van der Waals surface area contributed by atoms with Gasteiger partial charge >= 0.3 is 6.03 Å². The number of aryl methyl sites for hydroxylation is 2. The molecule has 0 aliphatic heterocycles. The fraction of sp³-hybridized carbons (Fsp3) is 0.357. The number of carbonyl (C=O) groups excluding carboxylic acids is 1. The van der Waals surface area contributed by atoms with E-state index in [9.17, 15) is 9.90 Å². The van der Waals surface area contributed by atoms with E-state index in [-0.39, 0.29) is 6.54 Å². The lowest BCUT2D eigenvalue weighted by atomic mass is 10.00. The van der Waals surface area contributed by atoms with E-state index in [1.165, 1.54) is 0 Å². The number of hydrogen-bond donors (Lipinski definition) is 3. The van der Waals surface area contributed by atoms with Gasteiger partial charge in [-0.3, -0.25) is 10.00 Å². The maximum Gasteiger partial charge on any atom is 0.320 e. The molecule has 0 fully saturated rings. The van der Waals surface area contributed by atoms with Crippen molar-refractivity contribution < 1.29 is 9.90 Å². The molecule has 21 heavy (non-hydrogen) atoms. The fourth-order valence-corrected chi connectivity index (χ4v) is 1.83. The minimum atomic E-state index is -1.19. The molecule has 0 radical (unpaired) electrons. The zero-order valence-electron chi connectivity index (χ0n) is 12.3. The van der Waals surface area contributed by atoms with E-state index in [1.54, 1.807) is 37.1 Å². The third kappa shape index (κ3) is 4.03. The second-order valence-electron chi connectivity index (χ2n) is 5.15. The van der Waals surface area contributed by atoms with Gasteiger partial charge in [0.1, 0.15) is 11.4 Å². The van der Waals surface area contributed by atoms with Crippen LogP contribution < -0.4 is 10.6 Å². The van der Waals surface area contributed by atoms with Crippen molar-refractivity contribution >= 4 is 11.8 Å². The van der Waals surface area contributed by atoms with Gasteiger partial charge in [0.05, 0.1) is 12.7 Å². The highest BCUT2D eigenvalue weighted by molar-refractivity contribution is 5.88. The van der Waals surface area contributed by atoms with Crippen molar-refractivity contribution in [3.63, 3.8) is 0 Å². The van der Waals surface area contributed by atoms with Gasteiger partial charge in [-0.15, -0.1) is 0 Å². The van der Waals surface area contributed by atoms with Gasteiger partial charge in [0.2, 0.25) is 0 Å². The smallest absolute Gasteiger partial charge is 0.320 e. The van der Waals surface area contributed by atoms with Crippen LogP contribution in [0.2, 0.25) is 0 Å². The molecule has 0 bridgehead atoms. The van der Waals surface area contributed by atoms with Gasteiger partial charge < -0.3 is 10.4 Å². The average Bonchev–Trinajstić information content (AvgIpc) is 2.84. The lowest BCUT2D eigenvalue weighted by molar-refractivity contribution is 0.0599. The maximum absolute atomic E-state index is 11.8. The van der Waals surface area contributed by atoms with Gasteiger partial charge in [0, 0.05) is 24.5 Å². The largest absolute Gasteiger partial charge is 0.383 e. The lowest BCUT2D eigenvalue weighted by Gasteiger charge is -2.22. The summed E-state index contributed by atoms with van der Waals surface area (Å²) in [6.45, 7) is 3.53. The number of aliphatic hydroxyl groups is 1. The Bertz CT molecular complexity index is 636. The first-order valence-electron chi connectivity index (χ1n) is 6.57. The Kier molecular flexibility index (Phi) is 4.23. The van der Waals surface area contributed by atoms with Crippen molar-refractivity contribution in [2.45, 2.75) is 19.4 Å². The maximum atomic E-state index is 11.8. The topological polar surface area (TPSA) is 92.1 Å². The predicted molar refractivity (Wildman–Crippen MR) is 78.8 cm³/mol. The van der Waals surface area contributed by atoms with Crippen molar-refractivity contribution in [1.29, 1.82) is 0 Å². The molecule has 2 rings (SSSR count). The summed E-state index contributed by atoms with van der Waals surface area (Å²) < 4.78 is 1.60. The number of amides is 2. The molecule has 2 aromatic heterocycles. The number of nitrogens with one attached hydrogen (secondary N) is 2. The van der Waals surface area contributed by atoms with Crippen LogP contribution in [-0.4, -0.2) is 32.4 Å². The summed E-state index contributed by atoms with van der Waals surface area (Å²) in [5, 5.41) is 19.6. The average molecular weight is 289 g/mol. The predicted octanol–water partition coefficient (Wildman–Crippen LogP) is 1.15. The monoisotopic (exact) mass is 289 g/mol. The molecule has 2 amide bonds. The Morgan fingerprint density at radius 1 is 1.48 bits per heavy atom. The Morgan fingerprint density at radius 3 is 2.86 bits per heavy atom. The van der Waals surface area contributed by atoms with E-state index in [0.29, 0.717) is 11.4 Å². The molecule has 2 heterocycles. The van der Waals surface area contributed by atoms with Gasteiger partial charge in [-0.2, -0.15) is 5.10 Å². The molecule has 0 saturated heterocycles. The van der Waals surface area contributed by atoms with Gasteiger partial charge in [0.15, 0.2) is 0 Å². The molecule has 7 nitrogen and oxygen atoms in total. The summed E-state index contributed by atoms with van der Waals surface area (Å²) in [4.78, 5) is 16.0. The fourth-order valence-electron chi connectivity index (χ4n) is 1.83. The van der Waals surface area contributed by atoms with Crippen molar-refractivity contribution in [2.75, 3.05) is 11.9 Å². The minimum Gasteiger partial charge on any atom is -0.383 e. The van der Waals surface area contributed by atoms with Crippen LogP contribution in [0.5, 0.6) is 0 Å². The van der Waals surface area contributed by atoms with Crippen LogP contribution in [0, 0.1) is 6.92 Å². The van der Waals surface area contributed by atoms with E-state index in [0.717, 1.165) is 5.69 Å². The highest BCUT2D eigenvalue weighted by Gasteiger charge is 2.25. The Balaban J connectivity index is 1.91.